The maximum Gasteiger partial charge on any atom is 0.273 e. The summed E-state index contributed by atoms with van der Waals surface area (Å²) >= 11 is 0. The number of amides is 1. The molecule has 0 saturated carbocycles. The van der Waals surface area contributed by atoms with E-state index in [4.69, 9.17) is 4.74 Å². The lowest BCUT2D eigenvalue weighted by atomic mass is 10.1. The van der Waals surface area contributed by atoms with Crippen molar-refractivity contribution in [2.45, 2.75) is 6.92 Å². The Kier molecular flexibility index (Phi) is 5.69. The van der Waals surface area contributed by atoms with Crippen molar-refractivity contribution in [3.63, 3.8) is 0 Å². The molecule has 0 bridgehead atoms. The number of benzene rings is 2. The van der Waals surface area contributed by atoms with E-state index in [1.807, 2.05) is 29.2 Å². The van der Waals surface area contributed by atoms with Crippen LogP contribution in [0.25, 0.3) is 16.9 Å². The van der Waals surface area contributed by atoms with Crippen LogP contribution in [0.3, 0.4) is 0 Å². The zero-order valence-corrected chi connectivity index (χ0v) is 19.2. The zero-order valence-electron chi connectivity index (χ0n) is 19.2. The Balaban J connectivity index is 1.36. The topological polar surface area (TPSA) is 132 Å². The summed E-state index contributed by atoms with van der Waals surface area (Å²) in [7, 11) is 1.60. The van der Waals surface area contributed by atoms with E-state index >= 15 is 0 Å². The molecule has 0 atom stereocenters. The fraction of sp³-hybridized carbons (Fsp3) is 0.261. The van der Waals surface area contributed by atoms with Gasteiger partial charge in [0, 0.05) is 49.4 Å². The third-order valence-corrected chi connectivity index (χ3v) is 6.12. The molecule has 12 nitrogen and oxygen atoms in total. The molecule has 12 heteroatoms. The maximum absolute atomic E-state index is 13.1. The summed E-state index contributed by atoms with van der Waals surface area (Å²) in [6, 6.07) is 12.0. The number of fused-ring (bicyclic) bond motifs is 1. The maximum atomic E-state index is 13.1. The number of rotatable bonds is 5. The predicted molar refractivity (Wildman–Crippen MR) is 127 cm³/mol. The molecule has 0 N–H and O–H groups in total. The van der Waals surface area contributed by atoms with Gasteiger partial charge in [-0.1, -0.05) is 17.3 Å². The van der Waals surface area contributed by atoms with Crippen LogP contribution >= 0.6 is 0 Å². The lowest BCUT2D eigenvalue weighted by molar-refractivity contribution is -0.385. The third-order valence-electron chi connectivity index (χ3n) is 6.12. The van der Waals surface area contributed by atoms with Gasteiger partial charge < -0.3 is 14.5 Å². The van der Waals surface area contributed by atoms with Crippen molar-refractivity contribution in [3.8, 4) is 11.4 Å². The molecule has 2 aromatic carbocycles. The van der Waals surface area contributed by atoms with E-state index in [2.05, 4.69) is 20.3 Å². The summed E-state index contributed by atoms with van der Waals surface area (Å²) in [4.78, 5) is 36.4. The summed E-state index contributed by atoms with van der Waals surface area (Å²) in [6.45, 7) is 3.54. The second kappa shape index (κ2) is 8.97. The minimum absolute atomic E-state index is 0.0583. The Morgan fingerprint density at radius 2 is 1.86 bits per heavy atom. The average molecular weight is 474 g/mol. The molecular weight excluding hydrogens is 452 g/mol. The van der Waals surface area contributed by atoms with Crippen LogP contribution in [0.5, 0.6) is 5.75 Å². The van der Waals surface area contributed by atoms with Crippen LogP contribution in [-0.4, -0.2) is 74.0 Å². The van der Waals surface area contributed by atoms with Gasteiger partial charge in [0.15, 0.2) is 17.0 Å². The molecule has 2 aromatic heterocycles. The number of nitro benzene ring substituents is 1. The first-order valence-electron chi connectivity index (χ1n) is 11.0. The van der Waals surface area contributed by atoms with Crippen LogP contribution < -0.4 is 9.64 Å². The van der Waals surface area contributed by atoms with Gasteiger partial charge in [0.1, 0.15) is 12.1 Å². The number of ether oxygens (including phenoxy) is 1. The molecule has 1 aliphatic heterocycles. The Hall–Kier alpha value is -4.61. The highest BCUT2D eigenvalue weighted by Crippen LogP contribution is 2.26. The van der Waals surface area contributed by atoms with Gasteiger partial charge in [-0.2, -0.15) is 4.68 Å². The second-order valence-electron chi connectivity index (χ2n) is 8.06. The van der Waals surface area contributed by atoms with Gasteiger partial charge in [-0.15, -0.1) is 5.10 Å². The minimum Gasteiger partial charge on any atom is -0.497 e. The first-order chi connectivity index (χ1) is 17.0. The Morgan fingerprint density at radius 3 is 2.60 bits per heavy atom. The second-order valence-corrected chi connectivity index (χ2v) is 8.06. The Morgan fingerprint density at radius 1 is 1.09 bits per heavy atom. The van der Waals surface area contributed by atoms with E-state index < -0.39 is 4.92 Å². The lowest BCUT2D eigenvalue weighted by Crippen LogP contribution is -2.49. The number of aromatic nitrogens is 5. The smallest absolute Gasteiger partial charge is 0.273 e. The van der Waals surface area contributed by atoms with E-state index in [9.17, 15) is 14.9 Å². The lowest BCUT2D eigenvalue weighted by Gasteiger charge is -2.35. The minimum atomic E-state index is -0.469. The molecule has 35 heavy (non-hydrogen) atoms. The molecule has 3 heterocycles. The summed E-state index contributed by atoms with van der Waals surface area (Å²) in [5.41, 5.74) is 2.55. The van der Waals surface area contributed by atoms with E-state index in [0.717, 1.165) is 5.69 Å². The van der Waals surface area contributed by atoms with E-state index in [-0.39, 0.29) is 11.6 Å². The number of hydrogen-bond donors (Lipinski definition) is 0. The van der Waals surface area contributed by atoms with Crippen molar-refractivity contribution in [2.75, 3.05) is 38.2 Å². The van der Waals surface area contributed by atoms with Gasteiger partial charge in [-0.3, -0.25) is 14.9 Å². The van der Waals surface area contributed by atoms with Crippen molar-refractivity contribution in [2.24, 2.45) is 0 Å². The molecule has 0 spiro atoms. The highest BCUT2D eigenvalue weighted by Gasteiger charge is 2.27. The third kappa shape index (κ3) is 3.98. The van der Waals surface area contributed by atoms with Crippen molar-refractivity contribution in [1.82, 2.24) is 29.9 Å². The molecule has 0 aliphatic carbocycles. The molecule has 5 rings (SSSR count). The fourth-order valence-corrected chi connectivity index (χ4v) is 4.23. The first kappa shape index (κ1) is 22.2. The van der Waals surface area contributed by atoms with Crippen LogP contribution in [0.15, 0.2) is 48.8 Å². The van der Waals surface area contributed by atoms with Gasteiger partial charge in [0.25, 0.3) is 11.6 Å². The Bertz CT molecular complexity index is 1430. The van der Waals surface area contributed by atoms with Crippen LogP contribution in [0.2, 0.25) is 0 Å². The number of nitro groups is 1. The monoisotopic (exact) mass is 474 g/mol. The molecule has 178 valence electrons. The van der Waals surface area contributed by atoms with Crippen molar-refractivity contribution in [3.05, 3.63) is 70.0 Å². The summed E-state index contributed by atoms with van der Waals surface area (Å²) < 4.78 is 6.94. The van der Waals surface area contributed by atoms with Crippen LogP contribution in [0.1, 0.15) is 15.9 Å². The molecule has 0 unspecified atom stereocenters. The van der Waals surface area contributed by atoms with Gasteiger partial charge in [0.2, 0.25) is 0 Å². The van der Waals surface area contributed by atoms with Crippen molar-refractivity contribution in [1.29, 1.82) is 0 Å². The number of methoxy groups -OCH3 is 1. The fourth-order valence-electron chi connectivity index (χ4n) is 4.23. The summed E-state index contributed by atoms with van der Waals surface area (Å²) in [6.07, 6.45) is 1.47. The van der Waals surface area contributed by atoms with Gasteiger partial charge in [0.05, 0.1) is 17.7 Å². The number of carbonyl (C=O) groups excluding carboxylic acids is 1. The van der Waals surface area contributed by atoms with Crippen LogP contribution in [-0.2, 0) is 0 Å². The molecule has 4 aromatic rings. The van der Waals surface area contributed by atoms with E-state index in [1.54, 1.807) is 29.7 Å². The van der Waals surface area contributed by atoms with Crippen LogP contribution in [0.4, 0.5) is 11.5 Å². The number of piperazine rings is 1. The van der Waals surface area contributed by atoms with Crippen molar-refractivity contribution >= 4 is 28.6 Å². The predicted octanol–water partition coefficient (Wildman–Crippen LogP) is 2.40. The molecule has 1 amide bonds. The van der Waals surface area contributed by atoms with Gasteiger partial charge in [-0.25, -0.2) is 9.97 Å². The Labute approximate surface area is 199 Å². The highest BCUT2D eigenvalue weighted by atomic mass is 16.6. The average Bonchev–Trinajstić information content (AvgIpc) is 3.33. The highest BCUT2D eigenvalue weighted by molar-refractivity contribution is 5.96. The molecule has 0 radical (unpaired) electrons. The summed E-state index contributed by atoms with van der Waals surface area (Å²) in [5.74, 6) is 1.12. The quantitative estimate of drug-likeness (QED) is 0.316. The standard InChI is InChI=1S/C23H22N8O4/c1-15-18(7-4-8-19(15)31(33)34)23(32)29-11-9-28(10-12-29)21-20-22(25-14-24-21)30(27-26-20)16-5-3-6-17(13-16)35-2/h3-8,13-14H,9-12H2,1-2H3. The summed E-state index contributed by atoms with van der Waals surface area (Å²) in [5, 5.41) is 19.8. The molecule has 1 fully saturated rings. The molecular formula is C23H22N8O4. The van der Waals surface area contributed by atoms with E-state index in [0.29, 0.717) is 60.0 Å². The zero-order chi connectivity index (χ0) is 24.5. The molecule has 1 aliphatic rings. The van der Waals surface area contributed by atoms with Gasteiger partial charge >= 0.3 is 0 Å². The number of anilines is 1. The van der Waals surface area contributed by atoms with Gasteiger partial charge in [-0.05, 0) is 25.1 Å². The largest absolute Gasteiger partial charge is 0.497 e. The van der Waals surface area contributed by atoms with E-state index in [1.165, 1.54) is 18.5 Å². The molecule has 1 saturated heterocycles. The van der Waals surface area contributed by atoms with Crippen molar-refractivity contribution < 1.29 is 14.5 Å². The van der Waals surface area contributed by atoms with Crippen LogP contribution in [0, 0.1) is 17.0 Å². The number of carbonyl (C=O) groups is 1. The number of hydrogen-bond acceptors (Lipinski definition) is 9. The SMILES string of the molecule is COc1cccc(-n2nnc3c(N4CCN(C(=O)c5cccc([N+](=O)[O-])c5C)CC4)ncnc32)c1. The number of nitrogens with zero attached hydrogens (tertiary/aromatic N) is 8. The first-order valence-corrected chi connectivity index (χ1v) is 11.0. The normalized spacial score (nSPS) is 13.8.